The van der Waals surface area contributed by atoms with Gasteiger partial charge in [-0.1, -0.05) is 0 Å². The molecule has 0 saturated carbocycles. The number of aromatic nitrogens is 2. The fourth-order valence-electron chi connectivity index (χ4n) is 1.11. The second-order valence-electron chi connectivity index (χ2n) is 3.25. The number of hydrogen-bond acceptors (Lipinski definition) is 6. The minimum Gasteiger partial charge on any atom is -0.466 e. The molecule has 0 aliphatic carbocycles. The van der Waals surface area contributed by atoms with Crippen molar-refractivity contribution in [3.8, 4) is 6.07 Å². The molecule has 0 unspecified atom stereocenters. The Bertz CT molecular complexity index is 557. The van der Waals surface area contributed by atoms with Crippen LogP contribution in [0, 0.1) is 11.3 Å². The van der Waals surface area contributed by atoms with Crippen molar-refractivity contribution in [1.29, 1.82) is 5.26 Å². The Morgan fingerprint density at radius 3 is 3.00 bits per heavy atom. The number of rotatable bonds is 6. The van der Waals surface area contributed by atoms with Crippen LogP contribution in [0.3, 0.4) is 0 Å². The molecule has 1 aromatic rings. The predicted octanol–water partition coefficient (Wildman–Crippen LogP) is -0.0237. The molecular weight excluding hydrogens is 260 g/mol. The Labute approximate surface area is 104 Å². The number of carbonyl (C=O) groups excluding carboxylic acids is 1. The smallest absolute Gasteiger partial charge is 0.306 e. The number of nitriles is 1. The molecule has 0 spiro atoms. The third-order valence-corrected chi connectivity index (χ3v) is 3.15. The third kappa shape index (κ3) is 4.06. The highest BCUT2D eigenvalue weighted by atomic mass is 32.2. The van der Waals surface area contributed by atoms with E-state index < -0.39 is 21.7 Å². The predicted molar refractivity (Wildman–Crippen MR) is 62.0 cm³/mol. The molecule has 0 aromatic carbocycles. The van der Waals surface area contributed by atoms with Crippen LogP contribution in [0.25, 0.3) is 0 Å². The van der Waals surface area contributed by atoms with Crippen LogP contribution in [0.2, 0.25) is 0 Å². The van der Waals surface area contributed by atoms with E-state index in [1.807, 2.05) is 0 Å². The van der Waals surface area contributed by atoms with Gasteiger partial charge in [-0.3, -0.25) is 14.6 Å². The summed E-state index contributed by atoms with van der Waals surface area (Å²) in [6.07, 6.45) is 0.947. The summed E-state index contributed by atoms with van der Waals surface area (Å²) in [6.45, 7) is 1.83. The van der Waals surface area contributed by atoms with Crippen molar-refractivity contribution in [1.82, 2.24) is 10.2 Å². The molecule has 0 saturated heterocycles. The van der Waals surface area contributed by atoms with E-state index in [1.165, 1.54) is 6.20 Å². The van der Waals surface area contributed by atoms with Crippen LogP contribution < -0.4 is 4.72 Å². The number of nitrogens with zero attached hydrogens (tertiary/aromatic N) is 2. The van der Waals surface area contributed by atoms with E-state index in [1.54, 1.807) is 13.0 Å². The van der Waals surface area contributed by atoms with Gasteiger partial charge in [0.25, 0.3) is 0 Å². The largest absolute Gasteiger partial charge is 0.466 e. The maximum Gasteiger partial charge on any atom is 0.306 e. The Kier molecular flexibility index (Phi) is 4.67. The first-order valence-corrected chi connectivity index (χ1v) is 6.73. The number of aromatic amines is 1. The van der Waals surface area contributed by atoms with Gasteiger partial charge in [-0.2, -0.15) is 10.4 Å². The van der Waals surface area contributed by atoms with E-state index in [9.17, 15) is 13.2 Å². The molecule has 0 atom stereocenters. The summed E-state index contributed by atoms with van der Waals surface area (Å²) in [5.41, 5.74) is 0.0784. The van der Waals surface area contributed by atoms with Crippen molar-refractivity contribution >= 4 is 21.8 Å². The SMILES string of the molecule is CCOC(=O)CCS(=O)(=O)Nc1[nH]ncc1C#N. The first-order valence-electron chi connectivity index (χ1n) is 5.08. The lowest BCUT2D eigenvalue weighted by Gasteiger charge is -2.05. The van der Waals surface area contributed by atoms with Crippen molar-refractivity contribution in [3.05, 3.63) is 11.8 Å². The third-order valence-electron chi connectivity index (χ3n) is 1.90. The van der Waals surface area contributed by atoms with Crippen LogP contribution >= 0.6 is 0 Å². The zero-order valence-electron chi connectivity index (χ0n) is 9.63. The van der Waals surface area contributed by atoms with Gasteiger partial charge in [0, 0.05) is 0 Å². The zero-order valence-corrected chi connectivity index (χ0v) is 10.5. The molecule has 0 fully saturated rings. The van der Waals surface area contributed by atoms with Gasteiger partial charge in [-0.25, -0.2) is 8.42 Å². The minimum absolute atomic E-state index is 0.0126. The number of anilines is 1. The summed E-state index contributed by atoms with van der Waals surface area (Å²) in [5, 5.41) is 14.6. The molecule has 0 aliphatic rings. The van der Waals surface area contributed by atoms with Crippen LogP contribution in [0.5, 0.6) is 0 Å². The van der Waals surface area contributed by atoms with Crippen molar-refractivity contribution in [2.24, 2.45) is 0 Å². The fraction of sp³-hybridized carbons (Fsp3) is 0.444. The van der Waals surface area contributed by atoms with E-state index in [0.29, 0.717) is 0 Å². The second-order valence-corrected chi connectivity index (χ2v) is 5.09. The number of nitrogens with one attached hydrogen (secondary N) is 2. The molecule has 1 heterocycles. The van der Waals surface area contributed by atoms with E-state index in [2.05, 4.69) is 19.7 Å². The van der Waals surface area contributed by atoms with Gasteiger partial charge in [0.15, 0.2) is 5.82 Å². The van der Waals surface area contributed by atoms with Gasteiger partial charge in [-0.15, -0.1) is 0 Å². The Morgan fingerprint density at radius 1 is 1.67 bits per heavy atom. The number of ether oxygens (including phenoxy) is 1. The molecule has 2 N–H and O–H groups in total. The van der Waals surface area contributed by atoms with Crippen LogP contribution in [0.4, 0.5) is 5.82 Å². The average molecular weight is 272 g/mol. The monoisotopic (exact) mass is 272 g/mol. The number of esters is 1. The lowest BCUT2D eigenvalue weighted by molar-refractivity contribution is -0.142. The highest BCUT2D eigenvalue weighted by molar-refractivity contribution is 7.92. The number of sulfonamides is 1. The first-order chi connectivity index (χ1) is 8.48. The lowest BCUT2D eigenvalue weighted by Crippen LogP contribution is -2.20. The average Bonchev–Trinajstić information content (AvgIpc) is 2.73. The molecule has 98 valence electrons. The van der Waals surface area contributed by atoms with Crippen LogP contribution in [0.15, 0.2) is 6.20 Å². The highest BCUT2D eigenvalue weighted by Crippen LogP contribution is 2.11. The summed E-state index contributed by atoms with van der Waals surface area (Å²) >= 11 is 0. The molecule has 0 radical (unpaired) electrons. The molecule has 0 bridgehead atoms. The van der Waals surface area contributed by atoms with Gasteiger partial charge in [-0.05, 0) is 6.92 Å². The van der Waals surface area contributed by atoms with Crippen molar-refractivity contribution in [3.63, 3.8) is 0 Å². The first kappa shape index (κ1) is 14.0. The van der Waals surface area contributed by atoms with E-state index in [-0.39, 0.29) is 24.4 Å². The van der Waals surface area contributed by atoms with Gasteiger partial charge in [0.1, 0.15) is 11.6 Å². The molecule has 9 heteroatoms. The summed E-state index contributed by atoms with van der Waals surface area (Å²) < 4.78 is 30.0. The second kappa shape index (κ2) is 6.02. The number of hydrogen-bond donors (Lipinski definition) is 2. The summed E-state index contributed by atoms with van der Waals surface area (Å²) in [5.74, 6) is -1.02. The van der Waals surface area contributed by atoms with Crippen molar-refractivity contribution in [2.45, 2.75) is 13.3 Å². The summed E-state index contributed by atoms with van der Waals surface area (Å²) in [4.78, 5) is 11.0. The molecule has 8 nitrogen and oxygen atoms in total. The fourth-order valence-corrected chi connectivity index (χ4v) is 2.11. The van der Waals surface area contributed by atoms with E-state index >= 15 is 0 Å². The molecule has 0 aliphatic heterocycles. The van der Waals surface area contributed by atoms with Gasteiger partial charge < -0.3 is 4.74 Å². The molecular formula is C9H12N4O4S. The molecule has 0 amide bonds. The molecule has 18 heavy (non-hydrogen) atoms. The standard InChI is InChI=1S/C9H12N4O4S/c1-2-17-8(14)3-4-18(15,16)13-9-7(5-10)6-11-12-9/h6H,2-4H2,1H3,(H2,11,12,13). The van der Waals surface area contributed by atoms with Crippen molar-refractivity contribution < 1.29 is 17.9 Å². The van der Waals surface area contributed by atoms with Crippen LogP contribution in [0.1, 0.15) is 18.9 Å². The zero-order chi connectivity index (χ0) is 13.6. The minimum atomic E-state index is -3.72. The summed E-state index contributed by atoms with van der Waals surface area (Å²) in [7, 11) is -3.72. The summed E-state index contributed by atoms with van der Waals surface area (Å²) in [6, 6.07) is 1.77. The Hall–Kier alpha value is -2.08. The number of H-pyrrole nitrogens is 1. The van der Waals surface area contributed by atoms with Gasteiger partial charge in [0.2, 0.25) is 10.0 Å². The van der Waals surface area contributed by atoms with Crippen LogP contribution in [-0.4, -0.2) is 36.9 Å². The van der Waals surface area contributed by atoms with Crippen LogP contribution in [-0.2, 0) is 19.6 Å². The van der Waals surface area contributed by atoms with Crippen molar-refractivity contribution in [2.75, 3.05) is 17.1 Å². The van der Waals surface area contributed by atoms with E-state index in [0.717, 1.165) is 0 Å². The topological polar surface area (TPSA) is 125 Å². The van der Waals surface area contributed by atoms with Gasteiger partial charge in [0.05, 0.1) is 25.0 Å². The Morgan fingerprint density at radius 2 is 2.39 bits per heavy atom. The molecule has 1 aromatic heterocycles. The van der Waals surface area contributed by atoms with E-state index in [4.69, 9.17) is 5.26 Å². The highest BCUT2D eigenvalue weighted by Gasteiger charge is 2.16. The number of carbonyl (C=O) groups is 1. The maximum atomic E-state index is 11.6. The Balaban J connectivity index is 2.61. The quantitative estimate of drug-likeness (QED) is 0.701. The molecule has 1 rings (SSSR count). The van der Waals surface area contributed by atoms with Gasteiger partial charge >= 0.3 is 5.97 Å². The normalized spacial score (nSPS) is 10.7. The maximum absolute atomic E-state index is 11.6. The lowest BCUT2D eigenvalue weighted by atomic mass is 10.4.